The van der Waals surface area contributed by atoms with Gasteiger partial charge in [-0.3, -0.25) is 9.79 Å². The minimum Gasteiger partial charge on any atom is -0.508 e. The summed E-state index contributed by atoms with van der Waals surface area (Å²) in [6.07, 6.45) is 2.21. The van der Waals surface area contributed by atoms with Crippen LogP contribution in [0.2, 0.25) is 0 Å². The summed E-state index contributed by atoms with van der Waals surface area (Å²) in [5.41, 5.74) is 5.30. The molecule has 0 aliphatic carbocycles. The largest absolute Gasteiger partial charge is 0.524 e. The number of rotatable bonds is 8. The molecule has 194 valence electrons. The number of hydrogen-bond donors (Lipinski definition) is 7. The maximum Gasteiger partial charge on any atom is 0.524 e. The Bertz CT molecular complexity index is 1230. The molecule has 3 aromatic carbocycles. The van der Waals surface area contributed by atoms with Gasteiger partial charge in [0.15, 0.2) is 0 Å². The number of benzene rings is 3. The van der Waals surface area contributed by atoms with Crippen LogP contribution in [-0.2, 0) is 15.6 Å². The van der Waals surface area contributed by atoms with Crippen molar-refractivity contribution in [2.45, 2.75) is 26.2 Å². The van der Waals surface area contributed by atoms with E-state index < -0.39 is 15.6 Å². The molecule has 0 radical (unpaired) electrons. The number of aromatic hydroxyl groups is 2. The van der Waals surface area contributed by atoms with E-state index in [2.05, 4.69) is 11.4 Å². The summed E-state index contributed by atoms with van der Waals surface area (Å²) in [6.45, 7) is 2.08. The molecule has 0 aliphatic heterocycles. The van der Waals surface area contributed by atoms with Crippen molar-refractivity contribution in [2.75, 3.05) is 0 Å². The molecular weight excluding hydrogens is 510 g/mol. The van der Waals surface area contributed by atoms with Gasteiger partial charge >= 0.3 is 15.6 Å². The van der Waals surface area contributed by atoms with E-state index in [4.69, 9.17) is 29.0 Å². The molecule has 10 nitrogen and oxygen atoms in total. The highest BCUT2D eigenvalue weighted by Crippen LogP contribution is 2.38. The zero-order chi connectivity index (χ0) is 26.9. The molecule has 0 unspecified atom stereocenters. The van der Waals surface area contributed by atoms with Crippen molar-refractivity contribution in [1.82, 2.24) is 0 Å². The average molecular weight is 538 g/mol. The van der Waals surface area contributed by atoms with Crippen molar-refractivity contribution in [2.24, 2.45) is 0 Å². The normalized spacial score (nSPS) is 12.3. The third-order valence-corrected chi connectivity index (χ3v) is 5.41. The highest BCUT2D eigenvalue weighted by molar-refractivity contribution is 7.46. The van der Waals surface area contributed by atoms with E-state index in [9.17, 15) is 14.8 Å². The van der Waals surface area contributed by atoms with Gasteiger partial charge in [-0.25, -0.2) is 9.13 Å². The van der Waals surface area contributed by atoms with Gasteiger partial charge in [-0.05, 0) is 83.5 Å². The molecule has 3 aromatic rings. The highest BCUT2D eigenvalue weighted by atomic mass is 31.2. The van der Waals surface area contributed by atoms with E-state index >= 15 is 0 Å². The fourth-order valence-electron chi connectivity index (χ4n) is 3.51. The van der Waals surface area contributed by atoms with Gasteiger partial charge in [0.05, 0.1) is 0 Å². The Balaban J connectivity index is 0.000000830. The number of phosphoric acid groups is 2. The zero-order valence-electron chi connectivity index (χ0n) is 19.3. The minimum atomic E-state index is -4.64. The quantitative estimate of drug-likeness (QED) is 0.158. The molecule has 0 amide bonds. The van der Waals surface area contributed by atoms with Crippen molar-refractivity contribution in [1.29, 1.82) is 0 Å². The van der Waals surface area contributed by atoms with Gasteiger partial charge in [0.1, 0.15) is 17.2 Å². The van der Waals surface area contributed by atoms with Gasteiger partial charge in [0.25, 0.3) is 0 Å². The molecule has 0 fully saturated rings. The first-order valence-corrected chi connectivity index (χ1v) is 13.8. The molecule has 0 aliphatic rings. The maximum absolute atomic E-state index is 11.0. The van der Waals surface area contributed by atoms with Gasteiger partial charge in [0, 0.05) is 0 Å². The first kappa shape index (κ1) is 29.3. The number of allylic oxidation sites excluding steroid dienone is 2. The van der Waals surface area contributed by atoms with Crippen LogP contribution in [0.4, 0.5) is 0 Å². The van der Waals surface area contributed by atoms with E-state index in [1.807, 2.05) is 24.3 Å². The molecule has 0 heterocycles. The van der Waals surface area contributed by atoms with E-state index in [0.29, 0.717) is 12.8 Å². The zero-order valence-corrected chi connectivity index (χ0v) is 21.1. The third-order valence-electron chi connectivity index (χ3n) is 4.96. The fourth-order valence-corrected chi connectivity index (χ4v) is 3.91. The van der Waals surface area contributed by atoms with Crippen molar-refractivity contribution < 1.29 is 48.3 Å². The summed E-state index contributed by atoms with van der Waals surface area (Å²) in [6, 6.07) is 20.9. The summed E-state index contributed by atoms with van der Waals surface area (Å²) >= 11 is 0. The van der Waals surface area contributed by atoms with Gasteiger partial charge in [-0.15, -0.1) is 0 Å². The van der Waals surface area contributed by atoms with E-state index in [-0.39, 0.29) is 17.2 Å². The van der Waals surface area contributed by atoms with Crippen LogP contribution in [-0.4, -0.2) is 34.7 Å². The lowest BCUT2D eigenvalue weighted by molar-refractivity contribution is 0.274. The molecule has 12 heteroatoms. The lowest BCUT2D eigenvalue weighted by Crippen LogP contribution is -1.96. The van der Waals surface area contributed by atoms with Crippen LogP contribution in [0.3, 0.4) is 0 Å². The standard InChI is InChI=1S/C24H25O6P.H3O4P/c1-2-23(18-6-10-20(25)11-7-18)24(19-8-12-21(26)13-9-19)16-5-17-3-14-22(15-4-17)30-31(27,28)29;1-5(2,3)4/h3-4,6-15,25-26H,2,5,16H2,1H3,(H2,27,28,29);(H3,1,2,3,4)/b24-23+;. The van der Waals surface area contributed by atoms with Crippen LogP contribution in [0.25, 0.3) is 11.1 Å². The van der Waals surface area contributed by atoms with Crippen LogP contribution in [0.15, 0.2) is 72.8 Å². The second-order valence-electron chi connectivity index (χ2n) is 7.64. The first-order chi connectivity index (χ1) is 16.7. The number of aryl methyl sites for hydroxylation is 1. The topological polar surface area (TPSA) is 185 Å². The van der Waals surface area contributed by atoms with Crippen molar-refractivity contribution >= 4 is 26.8 Å². The summed E-state index contributed by atoms with van der Waals surface area (Å²) in [5, 5.41) is 19.3. The Hall–Kier alpha value is -2.94. The number of hydrogen-bond acceptors (Lipinski definition) is 5. The molecule has 0 spiro atoms. The molecule has 0 aromatic heterocycles. The predicted molar refractivity (Wildman–Crippen MR) is 135 cm³/mol. The Morgan fingerprint density at radius 3 is 1.50 bits per heavy atom. The first-order valence-electron chi connectivity index (χ1n) is 10.7. The Labute approximate surface area is 208 Å². The van der Waals surface area contributed by atoms with Gasteiger partial charge < -0.3 is 29.4 Å². The van der Waals surface area contributed by atoms with Crippen LogP contribution < -0.4 is 4.52 Å². The molecule has 3 rings (SSSR count). The number of phenols is 2. The Morgan fingerprint density at radius 1 is 0.694 bits per heavy atom. The van der Waals surface area contributed by atoms with Crippen molar-refractivity contribution in [3.05, 3.63) is 89.5 Å². The van der Waals surface area contributed by atoms with Crippen LogP contribution in [0, 0.1) is 0 Å². The monoisotopic (exact) mass is 538 g/mol. The van der Waals surface area contributed by atoms with Gasteiger partial charge in [-0.2, -0.15) is 0 Å². The number of phosphoric ester groups is 1. The fraction of sp³-hybridized carbons (Fsp3) is 0.167. The van der Waals surface area contributed by atoms with Crippen molar-refractivity contribution in [3.8, 4) is 17.2 Å². The summed E-state index contributed by atoms with van der Waals surface area (Å²) < 4.78 is 24.5. The van der Waals surface area contributed by atoms with Crippen molar-refractivity contribution in [3.63, 3.8) is 0 Å². The van der Waals surface area contributed by atoms with Gasteiger partial charge in [0.2, 0.25) is 0 Å². The Kier molecular flexibility index (Phi) is 10.5. The molecule has 0 atom stereocenters. The number of phenolic OH excluding ortho intramolecular Hbond substituents is 2. The van der Waals surface area contributed by atoms with E-state index in [1.165, 1.54) is 0 Å². The molecule has 0 saturated heterocycles. The molecule has 7 N–H and O–H groups in total. The predicted octanol–water partition coefficient (Wildman–Crippen LogP) is 4.59. The highest BCUT2D eigenvalue weighted by Gasteiger charge is 2.16. The van der Waals surface area contributed by atoms with E-state index in [0.717, 1.165) is 34.3 Å². The van der Waals surface area contributed by atoms with Crippen LogP contribution >= 0.6 is 15.6 Å². The van der Waals surface area contributed by atoms with Gasteiger partial charge in [-0.1, -0.05) is 43.3 Å². The second-order valence-corrected chi connectivity index (χ2v) is 9.83. The molecule has 0 bridgehead atoms. The molecular formula is C24H28O10P2. The van der Waals surface area contributed by atoms with E-state index in [1.54, 1.807) is 48.5 Å². The summed E-state index contributed by atoms with van der Waals surface area (Å²) in [5.74, 6) is 0.527. The minimum absolute atomic E-state index is 0.115. The summed E-state index contributed by atoms with van der Waals surface area (Å²) in [7, 11) is -9.22. The average Bonchev–Trinajstić information content (AvgIpc) is 2.77. The Morgan fingerprint density at radius 2 is 1.11 bits per heavy atom. The SMILES string of the molecule is CC/C(=C(/CCc1ccc(OP(=O)(O)O)cc1)c1ccc(O)cc1)c1ccc(O)cc1.O=P(O)(O)O. The molecule has 0 saturated carbocycles. The maximum atomic E-state index is 11.0. The lowest BCUT2D eigenvalue weighted by Gasteiger charge is -2.16. The lowest BCUT2D eigenvalue weighted by atomic mass is 9.89. The molecule has 36 heavy (non-hydrogen) atoms. The summed E-state index contributed by atoms with van der Waals surface area (Å²) in [4.78, 5) is 39.4. The second kappa shape index (κ2) is 12.9. The van der Waals surface area contributed by atoms with Crippen LogP contribution in [0.5, 0.6) is 17.2 Å². The third kappa shape index (κ3) is 10.8. The smallest absolute Gasteiger partial charge is 0.508 e. The van der Waals surface area contributed by atoms with Crippen LogP contribution in [0.1, 0.15) is 36.5 Å².